The number of nitrogens with zero attached hydrogens (tertiary/aromatic N) is 2. The summed E-state index contributed by atoms with van der Waals surface area (Å²) >= 11 is 0. The third-order valence-corrected chi connectivity index (χ3v) is 4.30. The van der Waals surface area contributed by atoms with Crippen LogP contribution in [0.5, 0.6) is 0 Å². The molecule has 98 valence electrons. The molecule has 3 rings (SSSR count). The van der Waals surface area contributed by atoms with Crippen LogP contribution in [0.25, 0.3) is 0 Å². The Labute approximate surface area is 110 Å². The predicted molar refractivity (Wildman–Crippen MR) is 76.1 cm³/mol. The molecule has 0 saturated carbocycles. The second-order valence-corrected chi connectivity index (χ2v) is 5.87. The van der Waals surface area contributed by atoms with Crippen LogP contribution in [0.4, 0.5) is 5.69 Å². The van der Waals surface area contributed by atoms with E-state index < -0.39 is 0 Å². The fraction of sp³-hybridized carbons (Fsp3) is 0.600. The van der Waals surface area contributed by atoms with E-state index in [1.807, 2.05) is 0 Å². The normalized spacial score (nSPS) is 27.5. The molecule has 2 heterocycles. The Bertz CT molecular complexity index is 391. The van der Waals surface area contributed by atoms with Crippen LogP contribution >= 0.6 is 0 Å². The van der Waals surface area contributed by atoms with Gasteiger partial charge in [-0.2, -0.15) is 0 Å². The van der Waals surface area contributed by atoms with Crippen molar-refractivity contribution < 1.29 is 0 Å². The van der Waals surface area contributed by atoms with Crippen molar-refractivity contribution in [3.63, 3.8) is 0 Å². The minimum atomic E-state index is 0.600. The van der Waals surface area contributed by atoms with Gasteiger partial charge in [-0.05, 0) is 45.1 Å². The van der Waals surface area contributed by atoms with E-state index in [0.29, 0.717) is 6.04 Å². The zero-order valence-corrected chi connectivity index (χ0v) is 11.4. The van der Waals surface area contributed by atoms with Gasteiger partial charge < -0.3 is 10.2 Å². The Balaban J connectivity index is 1.54. The van der Waals surface area contributed by atoms with Crippen LogP contribution in [0.15, 0.2) is 24.3 Å². The lowest BCUT2D eigenvalue weighted by atomic mass is 10.1. The molecule has 1 N–H and O–H groups in total. The molecule has 3 heteroatoms. The summed E-state index contributed by atoms with van der Waals surface area (Å²) in [7, 11) is 4.38. The number of likely N-dealkylation sites (tertiary alicyclic amines) is 1. The Kier molecular flexibility index (Phi) is 3.27. The van der Waals surface area contributed by atoms with Crippen LogP contribution < -0.4 is 5.32 Å². The van der Waals surface area contributed by atoms with E-state index in [1.165, 1.54) is 43.7 Å². The lowest BCUT2D eigenvalue weighted by molar-refractivity contribution is 0.263. The number of nitrogens with one attached hydrogen (secondary N) is 1. The fourth-order valence-corrected chi connectivity index (χ4v) is 3.20. The van der Waals surface area contributed by atoms with Crippen molar-refractivity contribution >= 4 is 5.69 Å². The van der Waals surface area contributed by atoms with E-state index in [4.69, 9.17) is 0 Å². The van der Waals surface area contributed by atoms with Crippen LogP contribution in [0.1, 0.15) is 12.0 Å². The van der Waals surface area contributed by atoms with E-state index in [0.717, 1.165) is 6.04 Å². The Morgan fingerprint density at radius 1 is 1.33 bits per heavy atom. The lowest BCUT2D eigenvalue weighted by Crippen LogP contribution is -2.37. The first kappa shape index (κ1) is 12.0. The molecule has 0 aliphatic carbocycles. The van der Waals surface area contributed by atoms with Crippen molar-refractivity contribution in [3.05, 3.63) is 29.8 Å². The molecule has 1 saturated heterocycles. The molecule has 0 amide bonds. The first-order chi connectivity index (χ1) is 8.72. The standard InChI is InChI=1S/C15H23N3/c1-17(2)14-7-8-18(11-14)10-13-9-12-5-3-4-6-15(12)16-13/h3-6,13-14,16H,7-11H2,1-2H3. The van der Waals surface area contributed by atoms with Crippen molar-refractivity contribution in [2.24, 2.45) is 0 Å². The van der Waals surface area contributed by atoms with E-state index >= 15 is 0 Å². The zero-order valence-electron chi connectivity index (χ0n) is 11.4. The third-order valence-electron chi connectivity index (χ3n) is 4.30. The number of benzene rings is 1. The first-order valence-electron chi connectivity index (χ1n) is 6.95. The van der Waals surface area contributed by atoms with Gasteiger partial charge in [-0.3, -0.25) is 4.90 Å². The number of hydrogen-bond donors (Lipinski definition) is 1. The van der Waals surface area contributed by atoms with Gasteiger partial charge in [-0.1, -0.05) is 18.2 Å². The highest BCUT2D eigenvalue weighted by molar-refractivity contribution is 5.56. The summed E-state index contributed by atoms with van der Waals surface area (Å²) in [5, 5.41) is 3.65. The Morgan fingerprint density at radius 2 is 2.17 bits per heavy atom. The molecular formula is C15H23N3. The van der Waals surface area contributed by atoms with Crippen LogP contribution in [0.3, 0.4) is 0 Å². The number of anilines is 1. The van der Waals surface area contributed by atoms with Gasteiger partial charge in [0.25, 0.3) is 0 Å². The zero-order chi connectivity index (χ0) is 12.5. The maximum Gasteiger partial charge on any atom is 0.0429 e. The molecule has 2 unspecified atom stereocenters. The van der Waals surface area contributed by atoms with Crippen molar-refractivity contribution in [2.45, 2.75) is 24.9 Å². The summed E-state index contributed by atoms with van der Waals surface area (Å²) in [6.45, 7) is 3.65. The highest BCUT2D eigenvalue weighted by Gasteiger charge is 2.28. The summed E-state index contributed by atoms with van der Waals surface area (Å²) < 4.78 is 0. The molecule has 1 aromatic rings. The SMILES string of the molecule is CN(C)C1CCN(CC2Cc3ccccc3N2)C1. The molecule has 3 nitrogen and oxygen atoms in total. The van der Waals surface area contributed by atoms with Crippen LogP contribution in [0.2, 0.25) is 0 Å². The van der Waals surface area contributed by atoms with Gasteiger partial charge in [-0.25, -0.2) is 0 Å². The quantitative estimate of drug-likeness (QED) is 0.874. The van der Waals surface area contributed by atoms with Gasteiger partial charge in [0, 0.05) is 30.9 Å². The highest BCUT2D eigenvalue weighted by atomic mass is 15.2. The molecule has 2 aliphatic heterocycles. The van der Waals surface area contributed by atoms with Gasteiger partial charge in [0.15, 0.2) is 0 Å². The molecular weight excluding hydrogens is 222 g/mol. The maximum absolute atomic E-state index is 3.65. The molecule has 0 radical (unpaired) electrons. The summed E-state index contributed by atoms with van der Waals surface area (Å²) in [6, 6.07) is 10.0. The topological polar surface area (TPSA) is 18.5 Å². The minimum absolute atomic E-state index is 0.600. The number of fused-ring (bicyclic) bond motifs is 1. The molecule has 0 aromatic heterocycles. The van der Waals surface area contributed by atoms with Gasteiger partial charge in [0.2, 0.25) is 0 Å². The number of rotatable bonds is 3. The van der Waals surface area contributed by atoms with E-state index in [-0.39, 0.29) is 0 Å². The van der Waals surface area contributed by atoms with Gasteiger partial charge in [-0.15, -0.1) is 0 Å². The number of hydrogen-bond acceptors (Lipinski definition) is 3. The third kappa shape index (κ3) is 2.38. The van der Waals surface area contributed by atoms with Crippen LogP contribution in [-0.4, -0.2) is 55.6 Å². The van der Waals surface area contributed by atoms with Gasteiger partial charge in [0.1, 0.15) is 0 Å². The average molecular weight is 245 g/mol. The average Bonchev–Trinajstić information content (AvgIpc) is 2.94. The maximum atomic E-state index is 3.65. The second-order valence-electron chi connectivity index (χ2n) is 5.87. The van der Waals surface area contributed by atoms with Crippen LogP contribution in [-0.2, 0) is 6.42 Å². The van der Waals surface area contributed by atoms with E-state index in [2.05, 4.69) is 53.5 Å². The second kappa shape index (κ2) is 4.90. The predicted octanol–water partition coefficient (Wildman–Crippen LogP) is 1.66. The summed E-state index contributed by atoms with van der Waals surface area (Å²) in [5.41, 5.74) is 2.82. The fourth-order valence-electron chi connectivity index (χ4n) is 3.20. The summed E-state index contributed by atoms with van der Waals surface area (Å²) in [5.74, 6) is 0. The largest absolute Gasteiger partial charge is 0.380 e. The molecule has 18 heavy (non-hydrogen) atoms. The monoisotopic (exact) mass is 245 g/mol. The molecule has 2 atom stereocenters. The molecule has 1 aromatic carbocycles. The number of para-hydroxylation sites is 1. The smallest absolute Gasteiger partial charge is 0.0429 e. The van der Waals surface area contributed by atoms with E-state index in [9.17, 15) is 0 Å². The van der Waals surface area contributed by atoms with Crippen molar-refractivity contribution in [2.75, 3.05) is 39.0 Å². The van der Waals surface area contributed by atoms with E-state index in [1.54, 1.807) is 0 Å². The van der Waals surface area contributed by atoms with Gasteiger partial charge >= 0.3 is 0 Å². The van der Waals surface area contributed by atoms with Crippen molar-refractivity contribution in [1.29, 1.82) is 0 Å². The summed E-state index contributed by atoms with van der Waals surface area (Å²) in [6.07, 6.45) is 2.49. The molecule has 1 fully saturated rings. The molecule has 2 aliphatic rings. The van der Waals surface area contributed by atoms with Crippen LogP contribution in [0, 0.1) is 0 Å². The minimum Gasteiger partial charge on any atom is -0.380 e. The Hall–Kier alpha value is -1.06. The molecule has 0 spiro atoms. The highest BCUT2D eigenvalue weighted by Crippen LogP contribution is 2.26. The molecule has 0 bridgehead atoms. The van der Waals surface area contributed by atoms with Crippen molar-refractivity contribution in [3.8, 4) is 0 Å². The lowest BCUT2D eigenvalue weighted by Gasteiger charge is -2.23. The van der Waals surface area contributed by atoms with Crippen molar-refractivity contribution in [1.82, 2.24) is 9.80 Å². The summed E-state index contributed by atoms with van der Waals surface area (Å²) in [4.78, 5) is 4.96. The number of likely N-dealkylation sites (N-methyl/N-ethyl adjacent to an activating group) is 1. The Morgan fingerprint density at radius 3 is 2.89 bits per heavy atom. The first-order valence-corrected chi connectivity index (χ1v) is 6.95. The van der Waals surface area contributed by atoms with Gasteiger partial charge in [0.05, 0.1) is 0 Å².